The number of aryl methyl sites for hydroxylation is 1. The molecule has 4 rings (SSSR count). The van der Waals surface area contributed by atoms with Gasteiger partial charge in [-0.15, -0.1) is 12.4 Å². The maximum atomic E-state index is 12.9. The van der Waals surface area contributed by atoms with Crippen LogP contribution in [-0.2, 0) is 16.6 Å². The lowest BCUT2D eigenvalue weighted by molar-refractivity contribution is 0.177. The first-order valence-corrected chi connectivity index (χ1v) is 9.63. The summed E-state index contributed by atoms with van der Waals surface area (Å²) in [6.07, 6.45) is 0. The van der Waals surface area contributed by atoms with Gasteiger partial charge in [0.1, 0.15) is 5.76 Å². The van der Waals surface area contributed by atoms with Crippen LogP contribution in [0, 0.1) is 6.92 Å². The van der Waals surface area contributed by atoms with Gasteiger partial charge in [0.15, 0.2) is 5.58 Å². The number of hydrogen-bond donors (Lipinski definition) is 1. The quantitative estimate of drug-likeness (QED) is 0.685. The highest BCUT2D eigenvalue weighted by molar-refractivity contribution is 7.89. The van der Waals surface area contributed by atoms with E-state index >= 15 is 0 Å². The van der Waals surface area contributed by atoms with Crippen LogP contribution in [0.5, 0.6) is 0 Å². The molecule has 1 saturated heterocycles. The number of benzene rings is 1. The molecule has 0 bridgehead atoms. The monoisotopic (exact) mass is 414 g/mol. The average Bonchev–Trinajstić information content (AvgIpc) is 3.18. The summed E-state index contributed by atoms with van der Waals surface area (Å²) in [6, 6.07) is 6.28. The van der Waals surface area contributed by atoms with Crippen molar-refractivity contribution in [2.75, 3.05) is 26.2 Å². The number of piperazine rings is 1. The minimum absolute atomic E-state index is 0. The molecule has 11 heteroatoms. The minimum atomic E-state index is -3.64. The predicted octanol–water partition coefficient (Wildman–Crippen LogP) is 1.35. The Hall–Kier alpha value is -2.14. The van der Waals surface area contributed by atoms with E-state index in [2.05, 4.69) is 15.0 Å². The number of aromatic nitrogens is 2. The van der Waals surface area contributed by atoms with Crippen molar-refractivity contribution < 1.29 is 17.4 Å². The van der Waals surface area contributed by atoms with E-state index < -0.39 is 15.8 Å². The number of H-pyrrole nitrogens is 1. The molecule has 1 N–H and O–H groups in total. The number of hydrogen-bond acceptors (Lipinski definition) is 7. The molecule has 146 valence electrons. The third kappa shape index (κ3) is 3.93. The third-order valence-electron chi connectivity index (χ3n) is 4.42. The van der Waals surface area contributed by atoms with Crippen molar-refractivity contribution in [1.29, 1.82) is 0 Å². The van der Waals surface area contributed by atoms with Crippen LogP contribution in [0.25, 0.3) is 11.1 Å². The van der Waals surface area contributed by atoms with Crippen LogP contribution < -0.4 is 5.76 Å². The number of halogens is 1. The predicted molar refractivity (Wildman–Crippen MR) is 99.4 cm³/mol. The zero-order valence-electron chi connectivity index (χ0n) is 14.5. The molecule has 9 nitrogen and oxygen atoms in total. The Bertz CT molecular complexity index is 1100. The lowest BCUT2D eigenvalue weighted by Crippen LogP contribution is -2.48. The van der Waals surface area contributed by atoms with Crippen molar-refractivity contribution in [1.82, 2.24) is 19.3 Å². The van der Waals surface area contributed by atoms with Crippen LogP contribution in [0.15, 0.2) is 42.9 Å². The van der Waals surface area contributed by atoms with E-state index in [9.17, 15) is 13.2 Å². The van der Waals surface area contributed by atoms with E-state index in [4.69, 9.17) is 8.94 Å². The molecule has 1 aliphatic heterocycles. The van der Waals surface area contributed by atoms with Gasteiger partial charge in [-0.25, -0.2) is 13.2 Å². The fourth-order valence-electron chi connectivity index (χ4n) is 3.08. The SMILES string of the molecule is Cc1cc(CN2CCN(S(=O)(=O)c3ccc4[nH]c(=O)oc4c3)CC2)no1.Cl. The molecule has 0 atom stereocenters. The fourth-order valence-corrected chi connectivity index (χ4v) is 4.52. The summed E-state index contributed by atoms with van der Waals surface area (Å²) in [5.41, 5.74) is 1.55. The first kappa shape index (κ1) is 19.6. The van der Waals surface area contributed by atoms with Gasteiger partial charge >= 0.3 is 5.76 Å². The van der Waals surface area contributed by atoms with E-state index in [-0.39, 0.29) is 22.9 Å². The maximum absolute atomic E-state index is 12.9. The van der Waals surface area contributed by atoms with Crippen LogP contribution in [0.3, 0.4) is 0 Å². The van der Waals surface area contributed by atoms with E-state index in [0.717, 1.165) is 11.5 Å². The van der Waals surface area contributed by atoms with E-state index in [1.165, 1.54) is 22.5 Å². The Morgan fingerprint density at radius 2 is 1.93 bits per heavy atom. The molecule has 0 amide bonds. The zero-order valence-corrected chi connectivity index (χ0v) is 16.2. The van der Waals surface area contributed by atoms with Crippen LogP contribution in [-0.4, -0.2) is 53.9 Å². The molecule has 0 aliphatic carbocycles. The van der Waals surface area contributed by atoms with E-state index in [1.807, 2.05) is 13.0 Å². The van der Waals surface area contributed by atoms with Gasteiger partial charge in [0.05, 0.1) is 16.1 Å². The molecule has 3 heterocycles. The van der Waals surface area contributed by atoms with Gasteiger partial charge in [0, 0.05) is 44.9 Å². The molecule has 0 spiro atoms. The summed E-state index contributed by atoms with van der Waals surface area (Å²) in [6.45, 7) is 4.44. The Kier molecular flexibility index (Phi) is 5.43. The lowest BCUT2D eigenvalue weighted by atomic mass is 10.3. The topological polar surface area (TPSA) is 113 Å². The van der Waals surface area contributed by atoms with Crippen LogP contribution >= 0.6 is 12.4 Å². The highest BCUT2D eigenvalue weighted by Gasteiger charge is 2.29. The molecule has 3 aromatic rings. The Balaban J connectivity index is 0.00000210. The number of sulfonamides is 1. The molecule has 0 saturated carbocycles. The van der Waals surface area contributed by atoms with Gasteiger partial charge in [0.2, 0.25) is 10.0 Å². The summed E-state index contributed by atoms with van der Waals surface area (Å²) in [7, 11) is -3.64. The largest absolute Gasteiger partial charge is 0.417 e. The molecular formula is C16H19ClN4O5S. The Labute approximate surface area is 161 Å². The summed E-state index contributed by atoms with van der Waals surface area (Å²) in [4.78, 5) is 16.0. The summed E-state index contributed by atoms with van der Waals surface area (Å²) < 4.78 is 37.2. The lowest BCUT2D eigenvalue weighted by Gasteiger charge is -2.33. The molecule has 2 aromatic heterocycles. The Morgan fingerprint density at radius 3 is 2.59 bits per heavy atom. The van der Waals surface area contributed by atoms with Gasteiger partial charge < -0.3 is 8.94 Å². The first-order valence-electron chi connectivity index (χ1n) is 8.19. The van der Waals surface area contributed by atoms with Gasteiger partial charge in [-0.2, -0.15) is 4.31 Å². The fraction of sp³-hybridized carbons (Fsp3) is 0.375. The van der Waals surface area contributed by atoms with Crippen molar-refractivity contribution in [3.05, 3.63) is 46.3 Å². The average molecular weight is 415 g/mol. The zero-order chi connectivity index (χ0) is 18.3. The van der Waals surface area contributed by atoms with Gasteiger partial charge in [-0.3, -0.25) is 9.88 Å². The standard InChI is InChI=1S/C16H18N4O5S.ClH/c1-11-8-12(18-25-11)10-19-4-6-20(7-5-19)26(22,23)13-2-3-14-15(9-13)24-16(21)17-14;/h2-3,8-9H,4-7,10H2,1H3,(H,17,21);1H. The summed E-state index contributed by atoms with van der Waals surface area (Å²) >= 11 is 0. The van der Waals surface area contributed by atoms with Gasteiger partial charge in [-0.05, 0) is 19.1 Å². The minimum Gasteiger partial charge on any atom is -0.408 e. The number of oxazole rings is 1. The van der Waals surface area contributed by atoms with Crippen LogP contribution in [0.4, 0.5) is 0 Å². The second-order valence-corrected chi connectivity index (χ2v) is 8.22. The second-order valence-electron chi connectivity index (χ2n) is 6.28. The van der Waals surface area contributed by atoms with Crippen molar-refractivity contribution in [3.8, 4) is 0 Å². The van der Waals surface area contributed by atoms with E-state index in [1.54, 1.807) is 0 Å². The van der Waals surface area contributed by atoms with Gasteiger partial charge in [-0.1, -0.05) is 5.16 Å². The van der Waals surface area contributed by atoms with Gasteiger partial charge in [0.25, 0.3) is 0 Å². The number of aromatic amines is 1. The van der Waals surface area contributed by atoms with Crippen molar-refractivity contribution in [3.63, 3.8) is 0 Å². The number of nitrogens with zero attached hydrogens (tertiary/aromatic N) is 3. The normalized spacial score (nSPS) is 16.5. The molecule has 1 aromatic carbocycles. The van der Waals surface area contributed by atoms with Crippen LogP contribution in [0.1, 0.15) is 11.5 Å². The molecule has 1 aliphatic rings. The Morgan fingerprint density at radius 1 is 1.19 bits per heavy atom. The summed E-state index contributed by atoms with van der Waals surface area (Å²) in [5, 5.41) is 3.97. The van der Waals surface area contributed by atoms with Crippen LogP contribution in [0.2, 0.25) is 0 Å². The number of rotatable bonds is 4. The number of fused-ring (bicyclic) bond motifs is 1. The highest BCUT2D eigenvalue weighted by Crippen LogP contribution is 2.22. The first-order chi connectivity index (χ1) is 12.4. The molecule has 27 heavy (non-hydrogen) atoms. The van der Waals surface area contributed by atoms with Crippen molar-refractivity contribution >= 4 is 33.5 Å². The maximum Gasteiger partial charge on any atom is 0.417 e. The molecule has 0 radical (unpaired) electrons. The molecular weight excluding hydrogens is 396 g/mol. The molecule has 1 fully saturated rings. The number of nitrogens with one attached hydrogen (secondary N) is 1. The van der Waals surface area contributed by atoms with Crippen molar-refractivity contribution in [2.45, 2.75) is 18.4 Å². The van der Waals surface area contributed by atoms with E-state index in [0.29, 0.717) is 38.2 Å². The smallest absolute Gasteiger partial charge is 0.408 e. The summed E-state index contributed by atoms with van der Waals surface area (Å²) in [5.74, 6) is 0.152. The third-order valence-corrected chi connectivity index (χ3v) is 6.32. The van der Waals surface area contributed by atoms with Crippen molar-refractivity contribution in [2.24, 2.45) is 0 Å². The molecule has 0 unspecified atom stereocenters. The highest BCUT2D eigenvalue weighted by atomic mass is 35.5. The second kappa shape index (κ2) is 7.47.